The standard InChI is InChI=1S/C10H17BF2N2O2/c1-9(2)10(3,4)17-11(16-9)6(5-14)7(15)8(12)13/h5,8,14H,15H2,1-4H3/b7-6+,14-5?. The van der Waals surface area contributed by atoms with Gasteiger partial charge in [-0.15, -0.1) is 0 Å². The fourth-order valence-corrected chi connectivity index (χ4v) is 1.38. The van der Waals surface area contributed by atoms with Crippen molar-refractivity contribution in [2.45, 2.75) is 45.3 Å². The Hall–Kier alpha value is -0.945. The van der Waals surface area contributed by atoms with Crippen LogP contribution in [0.15, 0.2) is 11.2 Å². The average Bonchev–Trinajstić information content (AvgIpc) is 2.36. The van der Waals surface area contributed by atoms with Crippen LogP contribution in [0.5, 0.6) is 0 Å². The zero-order valence-corrected chi connectivity index (χ0v) is 10.4. The first-order valence-electron chi connectivity index (χ1n) is 5.26. The lowest BCUT2D eigenvalue weighted by atomic mass is 9.77. The largest absolute Gasteiger partial charge is 0.498 e. The van der Waals surface area contributed by atoms with Gasteiger partial charge in [0.05, 0.1) is 16.9 Å². The molecule has 0 atom stereocenters. The van der Waals surface area contributed by atoms with Gasteiger partial charge in [-0.25, -0.2) is 8.78 Å². The van der Waals surface area contributed by atoms with Crippen LogP contribution in [-0.4, -0.2) is 31.0 Å². The smallest absolute Gasteiger partial charge is 0.399 e. The number of halogens is 2. The summed E-state index contributed by atoms with van der Waals surface area (Å²) < 4.78 is 36.1. The van der Waals surface area contributed by atoms with Crippen LogP contribution in [0.3, 0.4) is 0 Å². The van der Waals surface area contributed by atoms with Gasteiger partial charge in [-0.3, -0.25) is 0 Å². The lowest BCUT2D eigenvalue weighted by Crippen LogP contribution is -2.41. The summed E-state index contributed by atoms with van der Waals surface area (Å²) in [5.74, 6) is 0. The van der Waals surface area contributed by atoms with Crippen molar-refractivity contribution >= 4 is 13.3 Å². The van der Waals surface area contributed by atoms with E-state index >= 15 is 0 Å². The van der Waals surface area contributed by atoms with E-state index in [0.29, 0.717) is 0 Å². The third-order valence-electron chi connectivity index (χ3n) is 3.23. The molecule has 0 aromatic carbocycles. The maximum absolute atomic E-state index is 12.5. The summed E-state index contributed by atoms with van der Waals surface area (Å²) in [6.07, 6.45) is -2.07. The molecule has 0 amide bonds. The minimum Gasteiger partial charge on any atom is -0.399 e. The van der Waals surface area contributed by atoms with Crippen molar-refractivity contribution < 1.29 is 18.1 Å². The Morgan fingerprint density at radius 3 is 1.94 bits per heavy atom. The number of hydrogen-bond donors (Lipinski definition) is 2. The van der Waals surface area contributed by atoms with E-state index in [1.54, 1.807) is 27.7 Å². The number of alkyl halides is 2. The lowest BCUT2D eigenvalue weighted by Gasteiger charge is -2.32. The molecule has 1 saturated heterocycles. The summed E-state index contributed by atoms with van der Waals surface area (Å²) in [6.45, 7) is 7.19. The monoisotopic (exact) mass is 246 g/mol. The molecule has 0 aliphatic carbocycles. The molecule has 0 bridgehead atoms. The summed E-state index contributed by atoms with van der Waals surface area (Å²) in [7, 11) is -1.02. The van der Waals surface area contributed by atoms with Crippen LogP contribution in [-0.2, 0) is 9.31 Å². The van der Waals surface area contributed by atoms with E-state index in [0.717, 1.165) is 6.21 Å². The molecule has 17 heavy (non-hydrogen) atoms. The second-order valence-corrected chi connectivity index (χ2v) is 4.94. The SMILES string of the molecule is CC1(C)OB(/C(C=N)=C(/N)C(F)F)OC1(C)C. The first kappa shape index (κ1) is 14.1. The highest BCUT2D eigenvalue weighted by molar-refractivity contribution is 6.60. The molecule has 0 radical (unpaired) electrons. The van der Waals surface area contributed by atoms with Gasteiger partial charge in [-0.2, -0.15) is 0 Å². The Morgan fingerprint density at radius 2 is 1.65 bits per heavy atom. The summed E-state index contributed by atoms with van der Waals surface area (Å²) in [4.78, 5) is 0. The van der Waals surface area contributed by atoms with Crippen molar-refractivity contribution in [2.75, 3.05) is 0 Å². The number of allylic oxidation sites excluding steroid dienone is 2. The van der Waals surface area contributed by atoms with E-state index < -0.39 is 30.4 Å². The molecule has 0 aromatic rings. The van der Waals surface area contributed by atoms with Crippen molar-refractivity contribution in [2.24, 2.45) is 5.73 Å². The quantitative estimate of drug-likeness (QED) is 0.588. The molecule has 1 heterocycles. The van der Waals surface area contributed by atoms with Crippen molar-refractivity contribution in [3.05, 3.63) is 11.2 Å². The van der Waals surface area contributed by atoms with Gasteiger partial charge in [0, 0.05) is 11.7 Å². The molecular weight excluding hydrogens is 229 g/mol. The van der Waals surface area contributed by atoms with Gasteiger partial charge in [0.15, 0.2) is 0 Å². The molecule has 1 fully saturated rings. The maximum Gasteiger partial charge on any atom is 0.498 e. The van der Waals surface area contributed by atoms with Crippen LogP contribution in [0.1, 0.15) is 27.7 Å². The molecule has 0 spiro atoms. The van der Waals surface area contributed by atoms with E-state index in [1.165, 1.54) is 0 Å². The van der Waals surface area contributed by atoms with Gasteiger partial charge in [-0.1, -0.05) is 0 Å². The normalized spacial score (nSPS) is 23.8. The third-order valence-corrected chi connectivity index (χ3v) is 3.23. The van der Waals surface area contributed by atoms with Gasteiger partial charge in [0.25, 0.3) is 6.43 Å². The zero-order chi connectivity index (χ0) is 13.4. The Kier molecular flexibility index (Phi) is 3.64. The molecule has 7 heteroatoms. The molecule has 1 rings (SSSR count). The molecule has 3 N–H and O–H groups in total. The summed E-state index contributed by atoms with van der Waals surface area (Å²) in [5.41, 5.74) is 3.15. The van der Waals surface area contributed by atoms with Crippen LogP contribution in [0.2, 0.25) is 0 Å². The maximum atomic E-state index is 12.5. The van der Waals surface area contributed by atoms with Crippen LogP contribution < -0.4 is 5.73 Å². The fraction of sp³-hybridized carbons (Fsp3) is 0.700. The predicted molar refractivity (Wildman–Crippen MR) is 62.1 cm³/mol. The summed E-state index contributed by atoms with van der Waals surface area (Å²) >= 11 is 0. The van der Waals surface area contributed by atoms with Gasteiger partial charge >= 0.3 is 7.12 Å². The number of nitrogens with one attached hydrogen (secondary N) is 1. The third kappa shape index (κ3) is 2.50. The van der Waals surface area contributed by atoms with Gasteiger partial charge < -0.3 is 20.5 Å². The molecular formula is C10H17BF2N2O2. The Morgan fingerprint density at radius 1 is 1.24 bits per heavy atom. The van der Waals surface area contributed by atoms with Gasteiger partial charge in [0.2, 0.25) is 0 Å². The first-order valence-corrected chi connectivity index (χ1v) is 5.26. The van der Waals surface area contributed by atoms with E-state index in [1.807, 2.05) is 0 Å². The highest BCUT2D eigenvalue weighted by Crippen LogP contribution is 2.38. The molecule has 0 unspecified atom stereocenters. The Bertz CT molecular complexity index is 340. The molecule has 1 aliphatic heterocycles. The predicted octanol–water partition coefficient (Wildman–Crippen LogP) is 1.75. The second-order valence-electron chi connectivity index (χ2n) is 4.94. The van der Waals surface area contributed by atoms with Crippen molar-refractivity contribution in [3.63, 3.8) is 0 Å². The molecule has 0 saturated carbocycles. The van der Waals surface area contributed by atoms with Crippen LogP contribution in [0.4, 0.5) is 8.78 Å². The van der Waals surface area contributed by atoms with Crippen molar-refractivity contribution in [1.29, 1.82) is 5.41 Å². The zero-order valence-electron chi connectivity index (χ0n) is 10.4. The number of nitrogens with two attached hydrogens (primary N) is 1. The van der Waals surface area contributed by atoms with Gasteiger partial charge in [-0.05, 0) is 27.7 Å². The molecule has 1 aliphatic rings. The topological polar surface area (TPSA) is 68.3 Å². The van der Waals surface area contributed by atoms with Crippen LogP contribution >= 0.6 is 0 Å². The molecule has 0 aromatic heterocycles. The average molecular weight is 246 g/mol. The van der Waals surface area contributed by atoms with E-state index in [2.05, 4.69) is 0 Å². The molecule has 4 nitrogen and oxygen atoms in total. The van der Waals surface area contributed by atoms with Crippen molar-refractivity contribution in [1.82, 2.24) is 0 Å². The number of rotatable bonds is 3. The van der Waals surface area contributed by atoms with Crippen molar-refractivity contribution in [3.8, 4) is 0 Å². The number of hydrogen-bond acceptors (Lipinski definition) is 4. The highest BCUT2D eigenvalue weighted by Gasteiger charge is 2.52. The summed E-state index contributed by atoms with van der Waals surface area (Å²) in [5, 5.41) is 7.15. The molecule has 96 valence electrons. The minimum absolute atomic E-state index is 0.126. The summed E-state index contributed by atoms with van der Waals surface area (Å²) in [6, 6.07) is 0. The van der Waals surface area contributed by atoms with Gasteiger partial charge in [0.1, 0.15) is 0 Å². The minimum atomic E-state index is -2.83. The second kappa shape index (κ2) is 4.38. The van der Waals surface area contributed by atoms with E-state index in [-0.39, 0.29) is 5.47 Å². The van der Waals surface area contributed by atoms with Crippen LogP contribution in [0, 0.1) is 5.41 Å². The van der Waals surface area contributed by atoms with E-state index in [9.17, 15) is 8.78 Å². The fourth-order valence-electron chi connectivity index (χ4n) is 1.38. The first-order chi connectivity index (χ1) is 7.62. The Labute approximate surface area is 99.8 Å². The lowest BCUT2D eigenvalue weighted by molar-refractivity contribution is 0.00578. The van der Waals surface area contributed by atoms with E-state index in [4.69, 9.17) is 20.5 Å². The van der Waals surface area contributed by atoms with Crippen LogP contribution in [0.25, 0.3) is 0 Å². The Balaban J connectivity index is 3.05. The highest BCUT2D eigenvalue weighted by atomic mass is 19.3.